The number of ether oxygens (including phenoxy) is 1. The van der Waals surface area contributed by atoms with Crippen LogP contribution in [0.5, 0.6) is 0 Å². The summed E-state index contributed by atoms with van der Waals surface area (Å²) >= 11 is 0. The van der Waals surface area contributed by atoms with E-state index in [1.54, 1.807) is 20.8 Å². The minimum absolute atomic E-state index is 0.141. The fourth-order valence-electron chi connectivity index (χ4n) is 2.03. The average Bonchev–Trinajstić information content (AvgIpc) is 2.61. The van der Waals surface area contributed by atoms with Gasteiger partial charge < -0.3 is 4.74 Å². The molecule has 6 heteroatoms. The zero-order chi connectivity index (χ0) is 15.8. The largest absolute Gasteiger partial charge is 0.459 e. The van der Waals surface area contributed by atoms with Gasteiger partial charge in [0.2, 0.25) is 0 Å². The third-order valence-corrected chi connectivity index (χ3v) is 2.81. The monoisotopic (exact) mass is 286 g/mol. The lowest BCUT2D eigenvalue weighted by Crippen LogP contribution is -2.38. The highest BCUT2D eigenvalue weighted by atomic mass is 16.6. The minimum atomic E-state index is -0.786. The summed E-state index contributed by atoms with van der Waals surface area (Å²) in [6.07, 6.45) is 0. The number of nitrogens with zero attached hydrogens (tertiary/aromatic N) is 2. The van der Waals surface area contributed by atoms with Crippen LogP contribution in [0.15, 0.2) is 18.2 Å². The summed E-state index contributed by atoms with van der Waals surface area (Å²) in [5, 5.41) is 8.83. The van der Waals surface area contributed by atoms with Crippen LogP contribution in [0.1, 0.15) is 36.7 Å². The first-order valence-corrected chi connectivity index (χ1v) is 6.35. The number of carbonyl (C=O) groups excluding carboxylic acids is 3. The summed E-state index contributed by atoms with van der Waals surface area (Å²) in [6.45, 7) is 4.82. The number of carbonyl (C=O) groups is 3. The number of Topliss-reactive ketones (excluding diaryl/α,β-unsaturated/α-hetero) is 1. The summed E-state index contributed by atoms with van der Waals surface area (Å²) < 4.78 is 5.15. The van der Waals surface area contributed by atoms with Crippen molar-refractivity contribution in [2.45, 2.75) is 26.4 Å². The molecule has 0 atom stereocenters. The molecule has 1 heterocycles. The summed E-state index contributed by atoms with van der Waals surface area (Å²) in [4.78, 5) is 36.7. The fraction of sp³-hybridized carbons (Fsp3) is 0.333. The Labute approximate surface area is 121 Å². The molecule has 0 bridgehead atoms. The summed E-state index contributed by atoms with van der Waals surface area (Å²) in [6, 6.07) is 6.24. The number of esters is 1. The quantitative estimate of drug-likeness (QED) is 0.606. The Morgan fingerprint density at radius 2 is 2.00 bits per heavy atom. The van der Waals surface area contributed by atoms with E-state index in [-0.39, 0.29) is 17.7 Å². The molecule has 2 rings (SSSR count). The molecule has 0 aromatic heterocycles. The van der Waals surface area contributed by atoms with Crippen LogP contribution >= 0.6 is 0 Å². The van der Waals surface area contributed by atoms with Crippen LogP contribution in [0, 0.1) is 11.3 Å². The second kappa shape index (κ2) is 5.02. The molecular formula is C15H14N2O4. The lowest BCUT2D eigenvalue weighted by atomic mass is 10.1. The van der Waals surface area contributed by atoms with E-state index in [0.717, 1.165) is 4.90 Å². The van der Waals surface area contributed by atoms with Gasteiger partial charge in [-0.3, -0.25) is 19.3 Å². The van der Waals surface area contributed by atoms with Crippen molar-refractivity contribution in [3.05, 3.63) is 29.3 Å². The highest BCUT2D eigenvalue weighted by molar-refractivity contribution is 6.52. The Kier molecular flexibility index (Phi) is 3.52. The average molecular weight is 286 g/mol. The molecule has 0 saturated carbocycles. The van der Waals surface area contributed by atoms with Crippen LogP contribution in [0.3, 0.4) is 0 Å². The maximum atomic E-state index is 11.9. The van der Waals surface area contributed by atoms with E-state index in [0.29, 0.717) is 5.69 Å². The lowest BCUT2D eigenvalue weighted by molar-refractivity contribution is -0.153. The molecule has 0 fully saturated rings. The standard InChI is InChI=1S/C15H14N2O4/c1-15(2,3)21-12(18)8-17-11-5-4-9(7-16)6-10(11)13(19)14(17)20/h4-6H,8H2,1-3H3. The van der Waals surface area contributed by atoms with E-state index >= 15 is 0 Å². The lowest BCUT2D eigenvalue weighted by Gasteiger charge is -2.22. The van der Waals surface area contributed by atoms with Crippen molar-refractivity contribution in [1.82, 2.24) is 0 Å². The van der Waals surface area contributed by atoms with Gasteiger partial charge in [0.15, 0.2) is 0 Å². The highest BCUT2D eigenvalue weighted by Gasteiger charge is 2.37. The number of hydrogen-bond acceptors (Lipinski definition) is 5. The molecule has 0 N–H and O–H groups in total. The van der Waals surface area contributed by atoms with Crippen molar-refractivity contribution in [3.63, 3.8) is 0 Å². The third-order valence-electron chi connectivity index (χ3n) is 2.81. The summed E-state index contributed by atoms with van der Waals surface area (Å²) in [5.41, 5.74) is 0.0867. The van der Waals surface area contributed by atoms with Crippen molar-refractivity contribution >= 4 is 23.3 Å². The Bertz CT molecular complexity index is 680. The minimum Gasteiger partial charge on any atom is -0.459 e. The highest BCUT2D eigenvalue weighted by Crippen LogP contribution is 2.29. The van der Waals surface area contributed by atoms with E-state index in [1.165, 1.54) is 18.2 Å². The van der Waals surface area contributed by atoms with Crippen molar-refractivity contribution in [2.24, 2.45) is 0 Å². The predicted octanol–water partition coefficient (Wildman–Crippen LogP) is 1.43. The van der Waals surface area contributed by atoms with Crippen LogP contribution in [-0.2, 0) is 14.3 Å². The zero-order valence-corrected chi connectivity index (χ0v) is 12.0. The summed E-state index contributed by atoms with van der Waals surface area (Å²) in [7, 11) is 0. The molecule has 1 aromatic rings. The normalized spacial score (nSPS) is 13.9. The molecule has 0 unspecified atom stereocenters. The Hall–Kier alpha value is -2.68. The number of nitriles is 1. The topological polar surface area (TPSA) is 87.5 Å². The van der Waals surface area contributed by atoms with Gasteiger partial charge in [0.05, 0.1) is 22.9 Å². The van der Waals surface area contributed by atoms with E-state index in [9.17, 15) is 14.4 Å². The first-order chi connectivity index (χ1) is 9.73. The van der Waals surface area contributed by atoms with Gasteiger partial charge in [0.1, 0.15) is 12.1 Å². The van der Waals surface area contributed by atoms with E-state index in [2.05, 4.69) is 0 Å². The molecule has 1 amide bonds. The number of ketones is 1. The second-order valence-electron chi connectivity index (χ2n) is 5.65. The molecule has 6 nitrogen and oxygen atoms in total. The molecule has 108 valence electrons. The van der Waals surface area contributed by atoms with E-state index in [4.69, 9.17) is 10.00 Å². The van der Waals surface area contributed by atoms with Crippen molar-refractivity contribution in [3.8, 4) is 6.07 Å². The van der Waals surface area contributed by atoms with E-state index < -0.39 is 23.3 Å². The molecule has 0 aliphatic carbocycles. The molecule has 0 radical (unpaired) electrons. The predicted molar refractivity (Wildman–Crippen MR) is 73.7 cm³/mol. The smallest absolute Gasteiger partial charge is 0.326 e. The van der Waals surface area contributed by atoms with Gasteiger partial charge in [-0.05, 0) is 39.0 Å². The van der Waals surface area contributed by atoms with Crippen LogP contribution in [0.4, 0.5) is 5.69 Å². The summed E-state index contributed by atoms with van der Waals surface area (Å²) in [5.74, 6) is -2.10. The fourth-order valence-corrected chi connectivity index (χ4v) is 2.03. The van der Waals surface area contributed by atoms with Crippen molar-refractivity contribution in [2.75, 3.05) is 11.4 Å². The zero-order valence-electron chi connectivity index (χ0n) is 12.0. The number of benzene rings is 1. The van der Waals surface area contributed by atoms with Gasteiger partial charge in [-0.15, -0.1) is 0 Å². The van der Waals surface area contributed by atoms with Gasteiger partial charge >= 0.3 is 5.97 Å². The number of amides is 1. The molecule has 0 saturated heterocycles. The third kappa shape index (κ3) is 2.92. The molecule has 1 aliphatic heterocycles. The number of anilines is 1. The number of fused-ring (bicyclic) bond motifs is 1. The Balaban J connectivity index is 2.28. The molecule has 1 aromatic carbocycles. The number of hydrogen-bond donors (Lipinski definition) is 0. The van der Waals surface area contributed by atoms with E-state index in [1.807, 2.05) is 6.07 Å². The second-order valence-corrected chi connectivity index (χ2v) is 5.65. The van der Waals surface area contributed by atoms with Gasteiger partial charge in [-0.2, -0.15) is 5.26 Å². The molecule has 0 spiro atoms. The van der Waals surface area contributed by atoms with Crippen molar-refractivity contribution in [1.29, 1.82) is 5.26 Å². The maximum absolute atomic E-state index is 11.9. The molecular weight excluding hydrogens is 272 g/mol. The van der Waals surface area contributed by atoms with Crippen LogP contribution in [0.2, 0.25) is 0 Å². The Morgan fingerprint density at radius 1 is 1.33 bits per heavy atom. The van der Waals surface area contributed by atoms with Crippen LogP contribution < -0.4 is 4.90 Å². The first-order valence-electron chi connectivity index (χ1n) is 6.35. The van der Waals surface area contributed by atoms with Crippen LogP contribution in [0.25, 0.3) is 0 Å². The van der Waals surface area contributed by atoms with Gasteiger partial charge in [0.25, 0.3) is 11.7 Å². The Morgan fingerprint density at radius 3 is 2.57 bits per heavy atom. The van der Waals surface area contributed by atoms with Gasteiger partial charge in [-0.1, -0.05) is 0 Å². The van der Waals surface area contributed by atoms with Crippen LogP contribution in [-0.4, -0.2) is 29.8 Å². The van der Waals surface area contributed by atoms with Gasteiger partial charge in [0, 0.05) is 0 Å². The number of rotatable bonds is 2. The maximum Gasteiger partial charge on any atom is 0.326 e. The SMILES string of the molecule is CC(C)(C)OC(=O)CN1C(=O)C(=O)c2cc(C#N)ccc21. The molecule has 1 aliphatic rings. The van der Waals surface area contributed by atoms with Gasteiger partial charge in [-0.25, -0.2) is 0 Å². The molecule has 21 heavy (non-hydrogen) atoms. The van der Waals surface area contributed by atoms with Crippen molar-refractivity contribution < 1.29 is 19.1 Å². The first kappa shape index (κ1) is 14.7.